The Balaban J connectivity index is 1.05. The molecule has 1 fully saturated rings. The molecule has 0 amide bonds. The zero-order chi connectivity index (χ0) is 28.1. The molecule has 0 bridgehead atoms. The molecule has 6 aromatic rings. The summed E-state index contributed by atoms with van der Waals surface area (Å²) >= 11 is 0. The van der Waals surface area contributed by atoms with E-state index in [2.05, 4.69) is 40.2 Å². The van der Waals surface area contributed by atoms with Gasteiger partial charge in [-0.1, -0.05) is 6.07 Å². The van der Waals surface area contributed by atoms with E-state index in [0.717, 1.165) is 60.6 Å². The number of anilines is 2. The summed E-state index contributed by atoms with van der Waals surface area (Å²) in [5.74, 6) is 0.521. The van der Waals surface area contributed by atoms with E-state index in [1.807, 2.05) is 42.8 Å². The zero-order valence-corrected chi connectivity index (χ0v) is 22.8. The number of aryl methyl sites for hydroxylation is 2. The predicted molar refractivity (Wildman–Crippen MR) is 154 cm³/mol. The lowest BCUT2D eigenvalue weighted by Gasteiger charge is -2.36. The van der Waals surface area contributed by atoms with Gasteiger partial charge < -0.3 is 10.6 Å². The van der Waals surface area contributed by atoms with Gasteiger partial charge in [-0.2, -0.15) is 19.7 Å². The Bertz CT molecular complexity index is 1880. The summed E-state index contributed by atoms with van der Waals surface area (Å²) in [6, 6.07) is 11.0. The smallest absolute Gasteiger partial charge is 0.225 e. The summed E-state index contributed by atoms with van der Waals surface area (Å²) < 4.78 is 18.2. The van der Waals surface area contributed by atoms with E-state index < -0.39 is 0 Å². The van der Waals surface area contributed by atoms with Gasteiger partial charge >= 0.3 is 0 Å². The van der Waals surface area contributed by atoms with Crippen molar-refractivity contribution in [1.82, 2.24) is 49.4 Å². The van der Waals surface area contributed by atoms with Crippen LogP contribution in [0.4, 0.5) is 16.0 Å². The number of hydrogen-bond acceptors (Lipinski definition) is 9. The van der Waals surface area contributed by atoms with Crippen LogP contribution in [-0.2, 0) is 6.54 Å². The van der Waals surface area contributed by atoms with Crippen LogP contribution >= 0.6 is 0 Å². The highest BCUT2D eigenvalue weighted by Crippen LogP contribution is 2.28. The van der Waals surface area contributed by atoms with Crippen molar-refractivity contribution in [3.63, 3.8) is 0 Å². The lowest BCUT2D eigenvalue weighted by Crippen LogP contribution is -2.47. The van der Waals surface area contributed by atoms with Crippen molar-refractivity contribution in [2.24, 2.45) is 0 Å². The molecule has 12 nitrogen and oxygen atoms in total. The predicted octanol–water partition coefficient (Wildman–Crippen LogP) is 3.09. The molecule has 208 valence electrons. The van der Waals surface area contributed by atoms with Gasteiger partial charge in [0.2, 0.25) is 11.8 Å². The van der Waals surface area contributed by atoms with Crippen molar-refractivity contribution < 1.29 is 4.39 Å². The van der Waals surface area contributed by atoms with Crippen LogP contribution in [0.25, 0.3) is 39.5 Å². The first kappa shape index (κ1) is 25.1. The average Bonchev–Trinajstić information content (AvgIpc) is 3.72. The average molecular weight is 553 g/mol. The Hall–Kier alpha value is -4.91. The Kier molecular flexibility index (Phi) is 6.07. The second-order valence-electron chi connectivity index (χ2n) is 10.3. The molecular formula is C28H29FN12. The van der Waals surface area contributed by atoms with Gasteiger partial charge in [0.15, 0.2) is 11.3 Å². The monoisotopic (exact) mass is 552 g/mol. The van der Waals surface area contributed by atoms with Crippen LogP contribution in [-0.4, -0.2) is 82.2 Å². The first-order valence-corrected chi connectivity index (χ1v) is 13.5. The van der Waals surface area contributed by atoms with Gasteiger partial charge in [-0.3, -0.25) is 15.0 Å². The fourth-order valence-corrected chi connectivity index (χ4v) is 5.38. The highest BCUT2D eigenvalue weighted by Gasteiger charge is 2.22. The Morgan fingerprint density at radius 2 is 1.85 bits per heavy atom. The number of nitrogen functional groups attached to an aromatic ring is 1. The molecule has 0 saturated carbocycles. The molecular weight excluding hydrogens is 523 g/mol. The van der Waals surface area contributed by atoms with Gasteiger partial charge in [-0.15, -0.1) is 5.10 Å². The molecule has 3 N–H and O–H groups in total. The molecule has 6 heterocycles. The molecule has 13 heteroatoms. The molecule has 0 unspecified atom stereocenters. The molecule has 1 aliphatic rings. The number of nitrogens with two attached hydrogens (primary N) is 1. The molecule has 7 rings (SSSR count). The number of H-pyrrole nitrogens is 1. The summed E-state index contributed by atoms with van der Waals surface area (Å²) in [6.07, 6.45) is 3.48. The zero-order valence-electron chi connectivity index (χ0n) is 22.8. The number of nitrogens with zero attached hydrogens (tertiary/aromatic N) is 10. The lowest BCUT2D eigenvalue weighted by atomic mass is 10.1. The van der Waals surface area contributed by atoms with Crippen LogP contribution in [0.2, 0.25) is 0 Å². The van der Waals surface area contributed by atoms with Crippen LogP contribution < -0.4 is 10.6 Å². The fraction of sp³-hybridized carbons (Fsp3) is 0.286. The first-order valence-electron chi connectivity index (χ1n) is 13.5. The minimum absolute atomic E-state index is 0.216. The van der Waals surface area contributed by atoms with Crippen molar-refractivity contribution >= 4 is 28.3 Å². The standard InChI is InChI=1S/C28H29FN12/c1-17-4-3-7-31-24(17)25-33-27-20-16-32-40(26(20)34-28(30)41(27)37-25)13-10-38-8-11-39(12-9-38)23-15-19(5-6-21(23)29)22-14-18(2)35-36-22/h3-7,14-16H,8-13H2,1-2H3,(H2,30,34)(H,35,36). The Morgan fingerprint density at radius 1 is 1.00 bits per heavy atom. The van der Waals surface area contributed by atoms with Crippen LogP contribution in [0, 0.1) is 19.7 Å². The van der Waals surface area contributed by atoms with Gasteiger partial charge in [0.25, 0.3) is 0 Å². The second kappa shape index (κ2) is 9.93. The van der Waals surface area contributed by atoms with Crippen molar-refractivity contribution in [2.75, 3.05) is 43.4 Å². The Labute approximate surface area is 234 Å². The van der Waals surface area contributed by atoms with Crippen molar-refractivity contribution in [3.05, 3.63) is 65.9 Å². The second-order valence-corrected chi connectivity index (χ2v) is 10.3. The molecule has 0 radical (unpaired) electrons. The number of nitrogens with one attached hydrogen (secondary N) is 1. The first-order chi connectivity index (χ1) is 19.9. The summed E-state index contributed by atoms with van der Waals surface area (Å²) in [4.78, 5) is 18.2. The number of hydrogen-bond donors (Lipinski definition) is 2. The summed E-state index contributed by atoms with van der Waals surface area (Å²) in [5, 5.41) is 17.1. The van der Waals surface area contributed by atoms with Gasteiger partial charge in [-0.05, 0) is 49.7 Å². The topological polar surface area (TPSA) is 135 Å². The van der Waals surface area contributed by atoms with E-state index in [1.165, 1.54) is 6.07 Å². The van der Waals surface area contributed by atoms with E-state index in [-0.39, 0.29) is 11.8 Å². The molecule has 5 aromatic heterocycles. The summed E-state index contributed by atoms with van der Waals surface area (Å²) in [5.41, 5.74) is 12.6. The number of rotatable bonds is 6. The van der Waals surface area contributed by atoms with Crippen molar-refractivity contribution in [3.8, 4) is 22.8 Å². The van der Waals surface area contributed by atoms with E-state index in [0.29, 0.717) is 35.0 Å². The van der Waals surface area contributed by atoms with Crippen LogP contribution in [0.5, 0.6) is 0 Å². The third-order valence-electron chi connectivity index (χ3n) is 7.62. The summed E-state index contributed by atoms with van der Waals surface area (Å²) in [7, 11) is 0. The lowest BCUT2D eigenvalue weighted by molar-refractivity contribution is 0.245. The highest BCUT2D eigenvalue weighted by atomic mass is 19.1. The van der Waals surface area contributed by atoms with E-state index in [4.69, 9.17) is 10.7 Å². The molecule has 41 heavy (non-hydrogen) atoms. The maximum atomic E-state index is 14.8. The maximum Gasteiger partial charge on any atom is 0.225 e. The normalized spacial score (nSPS) is 14.5. The minimum Gasteiger partial charge on any atom is -0.368 e. The van der Waals surface area contributed by atoms with Crippen LogP contribution in [0.3, 0.4) is 0 Å². The fourth-order valence-electron chi connectivity index (χ4n) is 5.38. The number of aromatic nitrogens is 9. The molecule has 0 aliphatic carbocycles. The molecule has 1 aromatic carbocycles. The van der Waals surface area contributed by atoms with E-state index in [1.54, 1.807) is 23.0 Å². The number of pyridine rings is 1. The third kappa shape index (κ3) is 4.53. The Morgan fingerprint density at radius 3 is 2.63 bits per heavy atom. The van der Waals surface area contributed by atoms with Gasteiger partial charge in [0.1, 0.15) is 11.5 Å². The molecule has 0 atom stereocenters. The van der Waals surface area contributed by atoms with E-state index >= 15 is 0 Å². The van der Waals surface area contributed by atoms with Gasteiger partial charge in [0, 0.05) is 44.5 Å². The number of fused-ring (bicyclic) bond motifs is 3. The number of benzene rings is 1. The van der Waals surface area contributed by atoms with Crippen LogP contribution in [0.15, 0.2) is 48.8 Å². The SMILES string of the molecule is Cc1cc(-c2ccc(F)c(N3CCN(CCn4ncc5c4nc(N)n4nc(-c6ncccc6C)nc54)CC3)c2)[nH]n1. The third-order valence-corrected chi connectivity index (χ3v) is 7.62. The highest BCUT2D eigenvalue weighted by molar-refractivity contribution is 5.90. The summed E-state index contributed by atoms with van der Waals surface area (Å²) in [6.45, 7) is 8.38. The maximum absolute atomic E-state index is 14.8. The van der Waals surface area contributed by atoms with Crippen LogP contribution in [0.1, 0.15) is 11.3 Å². The quantitative estimate of drug-likeness (QED) is 0.320. The van der Waals surface area contributed by atoms with Gasteiger partial charge in [-0.25, -0.2) is 14.1 Å². The minimum atomic E-state index is -0.216. The number of aromatic amines is 1. The van der Waals surface area contributed by atoms with E-state index in [9.17, 15) is 4.39 Å². The van der Waals surface area contributed by atoms with Crippen molar-refractivity contribution in [2.45, 2.75) is 20.4 Å². The number of halogens is 1. The number of piperazine rings is 1. The van der Waals surface area contributed by atoms with Gasteiger partial charge in [0.05, 0.1) is 35.2 Å². The van der Waals surface area contributed by atoms with Crippen molar-refractivity contribution in [1.29, 1.82) is 0 Å². The molecule has 1 saturated heterocycles. The largest absolute Gasteiger partial charge is 0.368 e. The molecule has 1 aliphatic heterocycles. The molecule has 0 spiro atoms.